The van der Waals surface area contributed by atoms with Gasteiger partial charge in [-0.05, 0) is 66.8 Å². The van der Waals surface area contributed by atoms with Crippen LogP contribution in [-0.4, -0.2) is 23.2 Å². The first-order valence-electron chi connectivity index (χ1n) is 11.0. The van der Waals surface area contributed by atoms with Gasteiger partial charge in [-0.15, -0.1) is 0 Å². The van der Waals surface area contributed by atoms with Gasteiger partial charge in [0.05, 0.1) is 4.90 Å². The van der Waals surface area contributed by atoms with E-state index in [0.29, 0.717) is 28.9 Å². The van der Waals surface area contributed by atoms with Gasteiger partial charge in [-0.1, -0.05) is 26.0 Å². The van der Waals surface area contributed by atoms with Crippen LogP contribution in [0.1, 0.15) is 37.8 Å². The average molecular weight is 482 g/mol. The Hall–Kier alpha value is -3.39. The minimum Gasteiger partial charge on any atom is -0.272 e. The van der Waals surface area contributed by atoms with Crippen LogP contribution in [0, 0.1) is 18.6 Å². The van der Waals surface area contributed by atoms with Crippen molar-refractivity contribution in [3.8, 4) is 22.4 Å². The molecule has 0 atom stereocenters. The van der Waals surface area contributed by atoms with E-state index in [2.05, 4.69) is 4.98 Å². The average Bonchev–Trinajstić information content (AvgIpc) is 3.24. The van der Waals surface area contributed by atoms with Crippen molar-refractivity contribution >= 4 is 9.84 Å². The monoisotopic (exact) mass is 481 g/mol. The van der Waals surface area contributed by atoms with E-state index in [-0.39, 0.29) is 10.8 Å². The Morgan fingerprint density at radius 3 is 2.38 bits per heavy atom. The molecule has 0 aliphatic rings. The van der Waals surface area contributed by atoms with Crippen LogP contribution >= 0.6 is 0 Å². The summed E-state index contributed by atoms with van der Waals surface area (Å²) < 4.78 is 58.4. The summed E-state index contributed by atoms with van der Waals surface area (Å²) in [5, 5.41) is 4.71. The molecule has 4 rings (SSSR count). The summed E-state index contributed by atoms with van der Waals surface area (Å²) in [6, 6.07) is 9.68. The summed E-state index contributed by atoms with van der Waals surface area (Å²) in [5.41, 5.74) is 3.56. The fourth-order valence-corrected chi connectivity index (χ4v) is 5.99. The van der Waals surface area contributed by atoms with E-state index in [1.807, 2.05) is 45.2 Å². The lowest BCUT2D eigenvalue weighted by molar-refractivity contribution is 0.552. The van der Waals surface area contributed by atoms with Crippen molar-refractivity contribution < 1.29 is 17.2 Å². The summed E-state index contributed by atoms with van der Waals surface area (Å²) in [7, 11) is -4.44. The molecule has 5 nitrogen and oxygen atoms in total. The second-order valence-corrected chi connectivity index (χ2v) is 10.2. The number of pyridine rings is 1. The van der Waals surface area contributed by atoms with Crippen molar-refractivity contribution in [2.24, 2.45) is 0 Å². The van der Waals surface area contributed by atoms with Crippen LogP contribution in [0.15, 0.2) is 70.8 Å². The summed E-state index contributed by atoms with van der Waals surface area (Å²) >= 11 is 0. The predicted octanol–water partition coefficient (Wildman–Crippen LogP) is 6.17. The lowest BCUT2D eigenvalue weighted by Gasteiger charge is -2.20. The van der Waals surface area contributed by atoms with Gasteiger partial charge in [-0.3, -0.25) is 9.67 Å². The van der Waals surface area contributed by atoms with Crippen molar-refractivity contribution in [3.05, 3.63) is 83.8 Å². The molecule has 0 amide bonds. The molecule has 0 aliphatic carbocycles. The van der Waals surface area contributed by atoms with Crippen molar-refractivity contribution in [3.63, 3.8) is 0 Å². The van der Waals surface area contributed by atoms with Gasteiger partial charge in [-0.2, -0.15) is 5.10 Å². The second-order valence-electron chi connectivity index (χ2n) is 8.39. The highest BCUT2D eigenvalue weighted by atomic mass is 32.2. The molecule has 0 radical (unpaired) electrons. The van der Waals surface area contributed by atoms with Crippen LogP contribution in [0.5, 0.6) is 0 Å². The molecule has 0 saturated heterocycles. The van der Waals surface area contributed by atoms with E-state index in [1.54, 1.807) is 30.1 Å². The zero-order valence-electron chi connectivity index (χ0n) is 19.4. The van der Waals surface area contributed by atoms with Crippen LogP contribution < -0.4 is 0 Å². The van der Waals surface area contributed by atoms with Crippen LogP contribution in [0.4, 0.5) is 8.78 Å². The molecule has 34 heavy (non-hydrogen) atoms. The van der Waals surface area contributed by atoms with Crippen molar-refractivity contribution in [2.75, 3.05) is 0 Å². The number of hydrogen-bond acceptors (Lipinski definition) is 4. The maximum Gasteiger partial charge on any atom is 0.210 e. The van der Waals surface area contributed by atoms with Gasteiger partial charge >= 0.3 is 0 Å². The molecular formula is C26H25F2N3O2S. The number of hydrogen-bond donors (Lipinski definition) is 0. The summed E-state index contributed by atoms with van der Waals surface area (Å²) in [6.45, 7) is 8.03. The first kappa shape index (κ1) is 23.8. The Labute approximate surface area is 198 Å². The number of sulfone groups is 1. The number of aryl methyl sites for hydroxylation is 2. The summed E-state index contributed by atoms with van der Waals surface area (Å²) in [6.07, 6.45) is 5.16. The lowest BCUT2D eigenvalue weighted by atomic mass is 9.93. The quantitative estimate of drug-likeness (QED) is 0.330. The Kier molecular flexibility index (Phi) is 6.36. The number of rotatable bonds is 6. The van der Waals surface area contributed by atoms with E-state index in [9.17, 15) is 17.2 Å². The molecular weight excluding hydrogens is 456 g/mol. The van der Waals surface area contributed by atoms with E-state index in [0.717, 1.165) is 29.3 Å². The standard InChI is InChI=1S/C26H25F2N3O2S/c1-5-31-15-21(18-10-12-29-13-11-18)25(30-31)24-17(4)6-8-20(16(2)3)26(24)34(32,33)23-14-19(27)7-9-22(23)28/h6-16H,5H2,1-4H3. The van der Waals surface area contributed by atoms with E-state index in [1.165, 1.54) is 0 Å². The lowest BCUT2D eigenvalue weighted by Crippen LogP contribution is -2.12. The second kappa shape index (κ2) is 9.10. The van der Waals surface area contributed by atoms with E-state index >= 15 is 0 Å². The predicted molar refractivity (Wildman–Crippen MR) is 127 cm³/mol. The van der Waals surface area contributed by atoms with Crippen LogP contribution in [0.2, 0.25) is 0 Å². The number of halogens is 2. The van der Waals surface area contributed by atoms with Gasteiger partial charge in [0.15, 0.2) is 0 Å². The molecule has 8 heteroatoms. The highest BCUT2D eigenvalue weighted by Crippen LogP contribution is 2.42. The molecule has 2 aromatic carbocycles. The highest BCUT2D eigenvalue weighted by Gasteiger charge is 2.32. The Balaban J connectivity index is 2.13. The Morgan fingerprint density at radius 1 is 1.03 bits per heavy atom. The Morgan fingerprint density at radius 2 is 1.74 bits per heavy atom. The van der Waals surface area contributed by atoms with Crippen LogP contribution in [-0.2, 0) is 16.4 Å². The molecule has 0 saturated carbocycles. The molecule has 4 aromatic rings. The summed E-state index contributed by atoms with van der Waals surface area (Å²) in [4.78, 5) is 3.32. The van der Waals surface area contributed by atoms with E-state index < -0.39 is 26.4 Å². The molecule has 0 fully saturated rings. The zero-order chi connectivity index (χ0) is 24.6. The SMILES string of the molecule is CCn1cc(-c2ccncc2)c(-c2c(C)ccc(C(C)C)c2S(=O)(=O)c2cc(F)ccc2F)n1. The normalized spacial score (nSPS) is 11.9. The molecule has 2 aromatic heterocycles. The summed E-state index contributed by atoms with van der Waals surface area (Å²) in [5.74, 6) is -2.02. The van der Waals surface area contributed by atoms with Gasteiger partial charge in [-0.25, -0.2) is 17.2 Å². The molecule has 2 heterocycles. The molecule has 0 unspecified atom stereocenters. The first-order chi connectivity index (χ1) is 16.1. The molecule has 0 aliphatic heterocycles. The smallest absolute Gasteiger partial charge is 0.210 e. The van der Waals surface area contributed by atoms with Gasteiger partial charge in [0.2, 0.25) is 9.84 Å². The molecule has 0 N–H and O–H groups in total. The maximum absolute atomic E-state index is 14.7. The maximum atomic E-state index is 14.7. The van der Waals surface area contributed by atoms with Crippen molar-refractivity contribution in [1.29, 1.82) is 0 Å². The minimum atomic E-state index is -4.44. The fraction of sp³-hybridized carbons (Fsp3) is 0.231. The minimum absolute atomic E-state index is 0.0522. The van der Waals surface area contributed by atoms with Gasteiger partial charge in [0, 0.05) is 36.3 Å². The van der Waals surface area contributed by atoms with Gasteiger partial charge in [0.25, 0.3) is 0 Å². The number of nitrogens with zero attached hydrogens (tertiary/aromatic N) is 3. The third kappa shape index (κ3) is 4.14. The first-order valence-corrected chi connectivity index (χ1v) is 12.4. The topological polar surface area (TPSA) is 64.8 Å². The largest absolute Gasteiger partial charge is 0.272 e. The third-order valence-corrected chi connectivity index (χ3v) is 7.65. The molecule has 0 spiro atoms. The van der Waals surface area contributed by atoms with Crippen molar-refractivity contribution in [2.45, 2.75) is 49.9 Å². The zero-order valence-corrected chi connectivity index (χ0v) is 20.2. The van der Waals surface area contributed by atoms with Gasteiger partial charge in [0.1, 0.15) is 22.2 Å². The molecule has 0 bridgehead atoms. The highest BCUT2D eigenvalue weighted by molar-refractivity contribution is 7.91. The number of benzene rings is 2. The molecule has 176 valence electrons. The number of aromatic nitrogens is 3. The fourth-order valence-electron chi connectivity index (χ4n) is 4.04. The van der Waals surface area contributed by atoms with Crippen LogP contribution in [0.25, 0.3) is 22.4 Å². The van der Waals surface area contributed by atoms with Gasteiger partial charge < -0.3 is 0 Å². The van der Waals surface area contributed by atoms with Crippen LogP contribution in [0.3, 0.4) is 0 Å². The Bertz CT molecular complexity index is 1460. The van der Waals surface area contributed by atoms with Crippen molar-refractivity contribution in [1.82, 2.24) is 14.8 Å². The third-order valence-electron chi connectivity index (χ3n) is 5.78. The van der Waals surface area contributed by atoms with E-state index in [4.69, 9.17) is 5.10 Å².